The van der Waals surface area contributed by atoms with E-state index in [9.17, 15) is 0 Å². The smallest absolute Gasteiger partial charge is 0.225 e. The normalized spacial score (nSPS) is 10.8. The largest absolute Gasteiger partial charge is 0.369 e. The fraction of sp³-hybridized carbons (Fsp3) is 0. The number of fused-ring (bicyclic) bond motifs is 1. The van der Waals surface area contributed by atoms with Crippen LogP contribution in [0.15, 0.2) is 0 Å². The van der Waals surface area contributed by atoms with Crippen LogP contribution in [0, 0.1) is 0 Å². The zero-order valence-electron chi connectivity index (χ0n) is 5.67. The van der Waals surface area contributed by atoms with Gasteiger partial charge >= 0.3 is 0 Å². The first-order valence-electron chi connectivity index (χ1n) is 3.01. The van der Waals surface area contributed by atoms with Gasteiger partial charge in [-0.25, -0.2) is 4.98 Å². The van der Waals surface area contributed by atoms with Gasteiger partial charge in [-0.2, -0.15) is 9.97 Å². The molecule has 0 fully saturated rings. The Balaban J connectivity index is 2.88. The lowest BCUT2D eigenvalue weighted by Crippen LogP contribution is -1.84. The van der Waals surface area contributed by atoms with Gasteiger partial charge in [-0.3, -0.25) is 0 Å². The van der Waals surface area contributed by atoms with Gasteiger partial charge in [-0.15, -0.1) is 0 Å². The van der Waals surface area contributed by atoms with Gasteiger partial charge in [-0.1, -0.05) is 11.6 Å². The first-order chi connectivity index (χ1) is 5.66. The van der Waals surface area contributed by atoms with Gasteiger partial charge in [0.1, 0.15) is 5.52 Å². The van der Waals surface area contributed by atoms with Crippen molar-refractivity contribution in [3.8, 4) is 0 Å². The summed E-state index contributed by atoms with van der Waals surface area (Å²) in [6.45, 7) is 0. The number of hydrogen-bond acceptors (Lipinski definition) is 4. The molecule has 0 saturated heterocycles. The Kier molecular flexibility index (Phi) is 1.55. The average Bonchev–Trinajstić information content (AvgIpc) is 2.29. The van der Waals surface area contributed by atoms with E-state index in [1.165, 1.54) is 0 Å². The lowest BCUT2D eigenvalue weighted by Gasteiger charge is -1.90. The third-order valence-corrected chi connectivity index (χ3v) is 1.74. The predicted octanol–water partition coefficient (Wildman–Crippen LogP) is 1.24. The van der Waals surface area contributed by atoms with Crippen molar-refractivity contribution in [3.63, 3.8) is 0 Å². The van der Waals surface area contributed by atoms with Crippen LogP contribution in [0.3, 0.4) is 0 Å². The predicted molar refractivity (Wildman–Crippen MR) is 46.1 cm³/mol. The van der Waals surface area contributed by atoms with Gasteiger partial charge in [0.15, 0.2) is 16.7 Å². The molecule has 0 radical (unpaired) electrons. The van der Waals surface area contributed by atoms with E-state index in [2.05, 4.69) is 19.9 Å². The van der Waals surface area contributed by atoms with E-state index in [1.807, 2.05) is 0 Å². The maximum absolute atomic E-state index is 5.71. The fourth-order valence-corrected chi connectivity index (χ4v) is 1.28. The van der Waals surface area contributed by atoms with Crippen molar-refractivity contribution in [3.05, 3.63) is 10.4 Å². The zero-order chi connectivity index (χ0) is 8.72. The molecule has 2 aromatic heterocycles. The standard InChI is InChI=1S/C5H3Cl2N5/c6-2-1-3(11-4(7)10-2)12-5(8)9-1/h(H3,8,9,10,11,12). The summed E-state index contributed by atoms with van der Waals surface area (Å²) in [7, 11) is 0. The summed E-state index contributed by atoms with van der Waals surface area (Å²) in [5, 5.41) is 0.271. The zero-order valence-corrected chi connectivity index (χ0v) is 7.19. The number of nitrogens with zero attached hydrogens (tertiary/aromatic N) is 3. The fourth-order valence-electron chi connectivity index (χ4n) is 0.856. The van der Waals surface area contributed by atoms with E-state index in [0.717, 1.165) is 0 Å². The Hall–Kier alpha value is -1.07. The second kappa shape index (κ2) is 2.46. The Morgan fingerprint density at radius 1 is 1.17 bits per heavy atom. The molecule has 0 aliphatic carbocycles. The Labute approximate surface area is 76.9 Å². The van der Waals surface area contributed by atoms with Gasteiger partial charge < -0.3 is 10.7 Å². The van der Waals surface area contributed by atoms with Crippen LogP contribution in [0.25, 0.3) is 11.2 Å². The molecular formula is C5H3Cl2N5. The van der Waals surface area contributed by atoms with Crippen LogP contribution in [0.2, 0.25) is 10.4 Å². The molecule has 0 unspecified atom stereocenters. The van der Waals surface area contributed by atoms with Crippen molar-refractivity contribution in [2.24, 2.45) is 0 Å². The van der Waals surface area contributed by atoms with E-state index < -0.39 is 0 Å². The van der Waals surface area contributed by atoms with E-state index in [4.69, 9.17) is 28.9 Å². The minimum atomic E-state index is 0.0546. The molecule has 5 nitrogen and oxygen atoms in total. The van der Waals surface area contributed by atoms with Gasteiger partial charge in [0.2, 0.25) is 5.28 Å². The molecule has 2 rings (SSSR count). The van der Waals surface area contributed by atoms with Crippen molar-refractivity contribution < 1.29 is 0 Å². The monoisotopic (exact) mass is 203 g/mol. The summed E-state index contributed by atoms with van der Waals surface area (Å²) in [4.78, 5) is 14.1. The van der Waals surface area contributed by atoms with E-state index in [-0.39, 0.29) is 16.4 Å². The number of aromatic nitrogens is 4. The highest BCUT2D eigenvalue weighted by atomic mass is 35.5. The molecule has 0 amide bonds. The highest BCUT2D eigenvalue weighted by Gasteiger charge is 2.07. The van der Waals surface area contributed by atoms with Gasteiger partial charge in [0.05, 0.1) is 0 Å². The van der Waals surface area contributed by atoms with Gasteiger partial charge in [0, 0.05) is 0 Å². The molecule has 62 valence electrons. The van der Waals surface area contributed by atoms with E-state index in [1.54, 1.807) is 0 Å². The molecule has 0 saturated carbocycles. The number of nitrogens with one attached hydrogen (secondary N) is 1. The maximum Gasteiger partial charge on any atom is 0.225 e. The first kappa shape index (κ1) is 7.57. The van der Waals surface area contributed by atoms with Crippen LogP contribution < -0.4 is 5.73 Å². The topological polar surface area (TPSA) is 80.5 Å². The van der Waals surface area contributed by atoms with Crippen LogP contribution in [-0.4, -0.2) is 19.9 Å². The Bertz CT molecular complexity index is 437. The summed E-state index contributed by atoms with van der Waals surface area (Å²) >= 11 is 11.2. The van der Waals surface area contributed by atoms with Crippen LogP contribution in [-0.2, 0) is 0 Å². The summed E-state index contributed by atoms with van der Waals surface area (Å²) < 4.78 is 0. The first-order valence-corrected chi connectivity index (χ1v) is 3.76. The number of aromatic amines is 1. The van der Waals surface area contributed by atoms with Crippen molar-refractivity contribution in [2.45, 2.75) is 0 Å². The van der Waals surface area contributed by atoms with Crippen molar-refractivity contribution in [1.29, 1.82) is 0 Å². The van der Waals surface area contributed by atoms with Gasteiger partial charge in [0.25, 0.3) is 0 Å². The number of rotatable bonds is 0. The number of nitrogen functional groups attached to an aromatic ring is 1. The average molecular weight is 204 g/mol. The minimum absolute atomic E-state index is 0.0546. The molecule has 3 N–H and O–H groups in total. The van der Waals surface area contributed by atoms with Crippen LogP contribution in [0.1, 0.15) is 0 Å². The third-order valence-electron chi connectivity index (χ3n) is 1.30. The Morgan fingerprint density at radius 2 is 1.92 bits per heavy atom. The van der Waals surface area contributed by atoms with Crippen molar-refractivity contribution in [2.75, 3.05) is 5.73 Å². The lowest BCUT2D eigenvalue weighted by molar-refractivity contribution is 1.20. The van der Waals surface area contributed by atoms with E-state index >= 15 is 0 Å². The summed E-state index contributed by atoms with van der Waals surface area (Å²) in [5.41, 5.74) is 6.24. The van der Waals surface area contributed by atoms with Gasteiger partial charge in [-0.05, 0) is 11.6 Å². The summed E-state index contributed by atoms with van der Waals surface area (Å²) in [6, 6.07) is 0. The second-order valence-corrected chi connectivity index (χ2v) is 2.80. The second-order valence-electron chi connectivity index (χ2n) is 2.10. The number of H-pyrrole nitrogens is 1. The molecule has 0 spiro atoms. The number of hydrogen-bond donors (Lipinski definition) is 2. The molecule has 0 atom stereocenters. The molecule has 2 heterocycles. The summed E-state index contributed by atoms with van der Waals surface area (Å²) in [6.07, 6.45) is 0. The van der Waals surface area contributed by atoms with E-state index in [0.29, 0.717) is 11.2 Å². The third kappa shape index (κ3) is 1.07. The van der Waals surface area contributed by atoms with Crippen LogP contribution in [0.4, 0.5) is 5.95 Å². The molecule has 12 heavy (non-hydrogen) atoms. The minimum Gasteiger partial charge on any atom is -0.369 e. The number of nitrogens with two attached hydrogens (primary N) is 1. The lowest BCUT2D eigenvalue weighted by atomic mass is 10.6. The van der Waals surface area contributed by atoms with Crippen LogP contribution in [0.5, 0.6) is 0 Å². The highest BCUT2D eigenvalue weighted by molar-refractivity contribution is 6.35. The number of imidazole rings is 1. The van der Waals surface area contributed by atoms with Crippen LogP contribution >= 0.6 is 23.2 Å². The highest BCUT2D eigenvalue weighted by Crippen LogP contribution is 2.19. The Morgan fingerprint density at radius 3 is 2.67 bits per heavy atom. The number of anilines is 1. The molecule has 2 aromatic rings. The van der Waals surface area contributed by atoms with Crippen molar-refractivity contribution in [1.82, 2.24) is 19.9 Å². The molecular weight excluding hydrogens is 201 g/mol. The summed E-state index contributed by atoms with van der Waals surface area (Å²) in [5.74, 6) is 0.239. The van der Waals surface area contributed by atoms with Crippen molar-refractivity contribution >= 4 is 40.3 Å². The molecule has 0 aliphatic rings. The quantitative estimate of drug-likeness (QED) is 0.499. The number of halogens is 2. The molecule has 7 heteroatoms. The maximum atomic E-state index is 5.71. The molecule has 0 aliphatic heterocycles. The molecule has 0 bridgehead atoms. The SMILES string of the molecule is Nc1nc2nc(Cl)nc(Cl)c2[nH]1. The molecule has 0 aromatic carbocycles.